The topological polar surface area (TPSA) is 76.2 Å². The maximum atomic E-state index is 10.7. The van der Waals surface area contributed by atoms with Crippen LogP contribution in [0.25, 0.3) is 10.6 Å². The van der Waals surface area contributed by atoms with Gasteiger partial charge < -0.3 is 10.8 Å². The number of rotatable bonds is 3. The van der Waals surface area contributed by atoms with Gasteiger partial charge in [-0.1, -0.05) is 23.7 Å². The van der Waals surface area contributed by atoms with Gasteiger partial charge in [0.25, 0.3) is 0 Å². The second-order valence-electron chi connectivity index (χ2n) is 3.40. The monoisotopic (exact) mass is 268 g/mol. The zero-order valence-electron chi connectivity index (χ0n) is 8.63. The highest BCUT2D eigenvalue weighted by atomic mass is 35.5. The Morgan fingerprint density at radius 1 is 1.41 bits per heavy atom. The van der Waals surface area contributed by atoms with Crippen LogP contribution in [0.2, 0.25) is 5.02 Å². The van der Waals surface area contributed by atoms with Gasteiger partial charge in [0, 0.05) is 16.0 Å². The molecule has 1 atom stereocenters. The number of halogens is 1. The molecule has 17 heavy (non-hydrogen) atoms. The first-order valence-electron chi connectivity index (χ1n) is 4.77. The molecule has 6 heteroatoms. The van der Waals surface area contributed by atoms with Crippen LogP contribution in [0, 0.1) is 0 Å². The van der Waals surface area contributed by atoms with Gasteiger partial charge in [0.15, 0.2) is 0 Å². The van der Waals surface area contributed by atoms with Crippen LogP contribution in [0.5, 0.6) is 0 Å². The van der Waals surface area contributed by atoms with Gasteiger partial charge in [0.2, 0.25) is 0 Å². The van der Waals surface area contributed by atoms with Crippen molar-refractivity contribution in [2.75, 3.05) is 0 Å². The van der Waals surface area contributed by atoms with Gasteiger partial charge in [-0.15, -0.1) is 11.3 Å². The number of aromatic nitrogens is 1. The number of hydrogen-bond donors (Lipinski definition) is 2. The van der Waals surface area contributed by atoms with E-state index < -0.39 is 12.0 Å². The Labute approximate surface area is 107 Å². The number of carboxylic acid groups (broad SMARTS) is 1. The number of nitrogens with two attached hydrogens (primary N) is 1. The lowest BCUT2D eigenvalue weighted by molar-refractivity contribution is -0.138. The number of aliphatic carboxylic acids is 1. The molecule has 0 saturated heterocycles. The summed E-state index contributed by atoms with van der Waals surface area (Å²) in [6.07, 6.45) is 0. The van der Waals surface area contributed by atoms with E-state index in [0.29, 0.717) is 10.7 Å². The number of carbonyl (C=O) groups is 1. The molecule has 3 N–H and O–H groups in total. The lowest BCUT2D eigenvalue weighted by Crippen LogP contribution is -2.20. The van der Waals surface area contributed by atoms with Crippen LogP contribution >= 0.6 is 22.9 Å². The number of thiazole rings is 1. The van der Waals surface area contributed by atoms with Crippen molar-refractivity contribution < 1.29 is 9.90 Å². The fraction of sp³-hybridized carbons (Fsp3) is 0.0909. The lowest BCUT2D eigenvalue weighted by atomic mass is 10.2. The summed E-state index contributed by atoms with van der Waals surface area (Å²) in [5.41, 5.74) is 6.74. The largest absolute Gasteiger partial charge is 0.480 e. The Morgan fingerprint density at radius 2 is 2.06 bits per heavy atom. The molecule has 1 unspecified atom stereocenters. The number of hydrogen-bond acceptors (Lipinski definition) is 4. The summed E-state index contributed by atoms with van der Waals surface area (Å²) in [7, 11) is 0. The Hall–Kier alpha value is -1.43. The first-order chi connectivity index (χ1) is 8.08. The first kappa shape index (κ1) is 12.0. The molecule has 2 rings (SSSR count). The Morgan fingerprint density at radius 3 is 2.65 bits per heavy atom. The molecule has 88 valence electrons. The van der Waals surface area contributed by atoms with Crippen LogP contribution in [-0.2, 0) is 4.79 Å². The molecule has 2 aromatic rings. The molecular formula is C11H9ClN2O2S. The highest BCUT2D eigenvalue weighted by Gasteiger charge is 2.17. The van der Waals surface area contributed by atoms with E-state index in [2.05, 4.69) is 4.98 Å². The van der Waals surface area contributed by atoms with Gasteiger partial charge in [-0.25, -0.2) is 4.98 Å². The van der Waals surface area contributed by atoms with Crippen LogP contribution in [0.3, 0.4) is 0 Å². The summed E-state index contributed by atoms with van der Waals surface area (Å²) in [5, 5.41) is 11.8. The number of benzene rings is 1. The minimum atomic E-state index is -1.09. The predicted octanol–water partition coefficient (Wildman–Crippen LogP) is 2.55. The smallest absolute Gasteiger partial charge is 0.326 e. The molecule has 1 aromatic carbocycles. The van der Waals surface area contributed by atoms with Gasteiger partial charge in [-0.05, 0) is 12.1 Å². The quantitative estimate of drug-likeness (QED) is 0.897. The maximum Gasteiger partial charge on any atom is 0.326 e. The Bertz CT molecular complexity index is 539. The molecule has 0 aliphatic carbocycles. The van der Waals surface area contributed by atoms with E-state index in [-0.39, 0.29) is 0 Å². The van der Waals surface area contributed by atoms with Crippen molar-refractivity contribution in [3.63, 3.8) is 0 Å². The highest BCUT2D eigenvalue weighted by molar-refractivity contribution is 7.13. The zero-order valence-corrected chi connectivity index (χ0v) is 10.2. The summed E-state index contributed by atoms with van der Waals surface area (Å²) in [4.78, 5) is 14.9. The molecule has 0 fully saturated rings. The molecule has 0 aliphatic heterocycles. The average molecular weight is 269 g/mol. The molecule has 0 saturated carbocycles. The van der Waals surface area contributed by atoms with Crippen LogP contribution in [0.15, 0.2) is 29.6 Å². The Balaban J connectivity index is 2.29. The zero-order chi connectivity index (χ0) is 12.4. The van der Waals surface area contributed by atoms with Gasteiger partial charge in [0.1, 0.15) is 11.0 Å². The van der Waals surface area contributed by atoms with Crippen molar-refractivity contribution in [3.05, 3.63) is 40.4 Å². The van der Waals surface area contributed by atoms with E-state index in [1.54, 1.807) is 17.5 Å². The first-order valence-corrected chi connectivity index (χ1v) is 6.03. The molecule has 1 heterocycles. The molecule has 0 radical (unpaired) electrons. The molecule has 0 bridgehead atoms. The van der Waals surface area contributed by atoms with Gasteiger partial charge in [-0.2, -0.15) is 0 Å². The molecule has 0 spiro atoms. The summed E-state index contributed by atoms with van der Waals surface area (Å²) in [5.74, 6) is -1.09. The predicted molar refractivity (Wildman–Crippen MR) is 67.1 cm³/mol. The number of nitrogens with zero attached hydrogens (tertiary/aromatic N) is 1. The number of carboxylic acids is 1. The minimum Gasteiger partial charge on any atom is -0.480 e. The third kappa shape index (κ3) is 2.63. The normalized spacial score (nSPS) is 12.4. The van der Waals surface area contributed by atoms with E-state index in [4.69, 9.17) is 22.4 Å². The van der Waals surface area contributed by atoms with Crippen LogP contribution < -0.4 is 5.73 Å². The third-order valence-electron chi connectivity index (χ3n) is 2.20. The van der Waals surface area contributed by atoms with E-state index in [1.165, 1.54) is 11.3 Å². The molecule has 4 nitrogen and oxygen atoms in total. The maximum absolute atomic E-state index is 10.7. The highest BCUT2D eigenvalue weighted by Crippen LogP contribution is 2.26. The van der Waals surface area contributed by atoms with Crippen LogP contribution in [0.1, 0.15) is 11.7 Å². The van der Waals surface area contributed by atoms with Gasteiger partial charge in [0.05, 0.1) is 5.69 Å². The molecule has 0 amide bonds. The van der Waals surface area contributed by atoms with Gasteiger partial charge in [-0.3, -0.25) is 4.79 Å². The van der Waals surface area contributed by atoms with E-state index >= 15 is 0 Å². The molecule has 1 aromatic heterocycles. The van der Waals surface area contributed by atoms with Crippen LogP contribution in [-0.4, -0.2) is 16.1 Å². The SMILES string of the molecule is NC(C(=O)O)c1csc(-c2ccc(Cl)cc2)n1. The van der Waals surface area contributed by atoms with Crippen molar-refractivity contribution in [2.45, 2.75) is 6.04 Å². The summed E-state index contributed by atoms with van der Waals surface area (Å²) >= 11 is 7.14. The minimum absolute atomic E-state index is 0.368. The van der Waals surface area contributed by atoms with Crippen molar-refractivity contribution >= 4 is 28.9 Å². The van der Waals surface area contributed by atoms with Gasteiger partial charge >= 0.3 is 5.97 Å². The van der Waals surface area contributed by atoms with E-state index in [1.807, 2.05) is 12.1 Å². The lowest BCUT2D eigenvalue weighted by Gasteiger charge is -2.00. The van der Waals surface area contributed by atoms with Crippen molar-refractivity contribution in [1.82, 2.24) is 4.98 Å². The fourth-order valence-corrected chi connectivity index (χ4v) is 2.27. The summed E-state index contributed by atoms with van der Waals surface area (Å²) in [6.45, 7) is 0. The fourth-order valence-electron chi connectivity index (χ4n) is 1.28. The second kappa shape index (κ2) is 4.83. The Kier molecular flexibility index (Phi) is 3.42. The molecule has 0 aliphatic rings. The van der Waals surface area contributed by atoms with E-state index in [0.717, 1.165) is 10.6 Å². The van der Waals surface area contributed by atoms with Crippen LogP contribution in [0.4, 0.5) is 0 Å². The standard InChI is InChI=1S/C11H9ClN2O2S/c12-7-3-1-6(2-4-7)10-14-8(5-17-10)9(13)11(15)16/h1-5,9H,13H2,(H,15,16). The van der Waals surface area contributed by atoms with Crippen molar-refractivity contribution in [1.29, 1.82) is 0 Å². The molecular weight excluding hydrogens is 260 g/mol. The third-order valence-corrected chi connectivity index (χ3v) is 3.36. The average Bonchev–Trinajstić information content (AvgIpc) is 2.78. The summed E-state index contributed by atoms with van der Waals surface area (Å²) in [6, 6.07) is 6.10. The van der Waals surface area contributed by atoms with Crippen molar-refractivity contribution in [3.8, 4) is 10.6 Å². The summed E-state index contributed by atoms with van der Waals surface area (Å²) < 4.78 is 0. The second-order valence-corrected chi connectivity index (χ2v) is 4.69. The van der Waals surface area contributed by atoms with E-state index in [9.17, 15) is 4.79 Å². The van der Waals surface area contributed by atoms with Crippen molar-refractivity contribution in [2.24, 2.45) is 5.73 Å².